The van der Waals surface area contributed by atoms with Crippen LogP contribution in [0.2, 0.25) is 0 Å². The van der Waals surface area contributed by atoms with Crippen molar-refractivity contribution in [1.82, 2.24) is 15.5 Å². The van der Waals surface area contributed by atoms with Crippen LogP contribution in [0, 0.1) is 0 Å². The molecule has 2 N–H and O–H groups in total. The molecule has 1 aliphatic heterocycles. The smallest absolute Gasteiger partial charge is 0.253 e. The maximum absolute atomic E-state index is 12.4. The van der Waals surface area contributed by atoms with Gasteiger partial charge in [0.15, 0.2) is 5.11 Å². The predicted molar refractivity (Wildman–Crippen MR) is 84.7 cm³/mol. The molecule has 0 spiro atoms. The molecule has 1 aliphatic rings. The van der Waals surface area contributed by atoms with Gasteiger partial charge in [-0.15, -0.1) is 0 Å². The van der Waals surface area contributed by atoms with Gasteiger partial charge in [-0.25, -0.2) is 0 Å². The van der Waals surface area contributed by atoms with E-state index in [0.29, 0.717) is 11.7 Å². The minimum Gasteiger partial charge on any atom is -0.366 e. The van der Waals surface area contributed by atoms with Gasteiger partial charge in [-0.05, 0) is 49.2 Å². The maximum Gasteiger partial charge on any atom is 0.253 e. The van der Waals surface area contributed by atoms with Gasteiger partial charge < -0.3 is 15.5 Å². The van der Waals surface area contributed by atoms with Crippen LogP contribution in [0.15, 0.2) is 24.3 Å². The molecule has 1 aromatic carbocycles. The van der Waals surface area contributed by atoms with Gasteiger partial charge in [0.05, 0.1) is 0 Å². The van der Waals surface area contributed by atoms with E-state index in [4.69, 9.17) is 12.2 Å². The van der Waals surface area contributed by atoms with Gasteiger partial charge in [0.1, 0.15) is 0 Å². The summed E-state index contributed by atoms with van der Waals surface area (Å²) in [5.41, 5.74) is 1.83. The molecule has 1 heterocycles. The molecular weight excluding hydrogens is 270 g/mol. The van der Waals surface area contributed by atoms with Gasteiger partial charge in [0.2, 0.25) is 0 Å². The Morgan fingerprint density at radius 1 is 1.30 bits per heavy atom. The van der Waals surface area contributed by atoms with Crippen LogP contribution in [-0.4, -0.2) is 36.1 Å². The first kappa shape index (κ1) is 14.8. The lowest BCUT2D eigenvalue weighted by Gasteiger charge is -2.26. The minimum atomic E-state index is 0.141. The summed E-state index contributed by atoms with van der Waals surface area (Å²) in [5, 5.41) is 6.57. The molecule has 108 valence electrons. The molecule has 1 amide bonds. The van der Waals surface area contributed by atoms with Crippen LogP contribution in [0.5, 0.6) is 0 Å². The predicted octanol–water partition coefficient (Wildman–Crippen LogP) is 1.91. The van der Waals surface area contributed by atoms with Gasteiger partial charge in [-0.2, -0.15) is 0 Å². The average Bonchev–Trinajstić information content (AvgIpc) is 2.53. The molecule has 20 heavy (non-hydrogen) atoms. The normalized spacial score (nSPS) is 14.8. The van der Waals surface area contributed by atoms with Crippen molar-refractivity contribution in [3.8, 4) is 0 Å². The molecule has 0 bridgehead atoms. The van der Waals surface area contributed by atoms with Crippen LogP contribution in [0.3, 0.4) is 0 Å². The van der Waals surface area contributed by atoms with Gasteiger partial charge >= 0.3 is 0 Å². The van der Waals surface area contributed by atoms with E-state index in [1.54, 1.807) is 7.05 Å². The summed E-state index contributed by atoms with van der Waals surface area (Å²) < 4.78 is 0. The standard InChI is InChI=1S/C15H21N3OS/c1-16-15(20)17-11-12-6-5-7-13(10-12)14(19)18-8-3-2-4-9-18/h5-7,10H,2-4,8-9,11H2,1H3,(H2,16,17,20). The molecule has 2 rings (SSSR count). The van der Waals surface area contributed by atoms with E-state index in [1.165, 1.54) is 6.42 Å². The van der Waals surface area contributed by atoms with Gasteiger partial charge in [-0.1, -0.05) is 12.1 Å². The van der Waals surface area contributed by atoms with Crippen LogP contribution in [0.25, 0.3) is 0 Å². The third kappa shape index (κ3) is 3.93. The lowest BCUT2D eigenvalue weighted by molar-refractivity contribution is 0.0724. The first-order valence-corrected chi connectivity index (χ1v) is 7.45. The number of likely N-dealkylation sites (tertiary alicyclic amines) is 1. The van der Waals surface area contributed by atoms with Crippen molar-refractivity contribution in [3.05, 3.63) is 35.4 Å². The highest BCUT2D eigenvalue weighted by Crippen LogP contribution is 2.14. The van der Waals surface area contributed by atoms with E-state index in [-0.39, 0.29) is 5.91 Å². The number of piperidine rings is 1. The highest BCUT2D eigenvalue weighted by atomic mass is 32.1. The Balaban J connectivity index is 2.01. The summed E-state index contributed by atoms with van der Waals surface area (Å²) in [6.07, 6.45) is 3.46. The van der Waals surface area contributed by atoms with Crippen molar-refractivity contribution < 1.29 is 4.79 Å². The number of nitrogens with zero attached hydrogens (tertiary/aromatic N) is 1. The van der Waals surface area contributed by atoms with Gasteiger partial charge in [-0.3, -0.25) is 4.79 Å². The fourth-order valence-corrected chi connectivity index (χ4v) is 2.44. The molecule has 1 saturated heterocycles. The Kier molecular flexibility index (Phi) is 5.35. The molecule has 0 atom stereocenters. The third-order valence-electron chi connectivity index (χ3n) is 3.50. The Morgan fingerprint density at radius 2 is 2.05 bits per heavy atom. The molecule has 0 aromatic heterocycles. The maximum atomic E-state index is 12.4. The number of rotatable bonds is 3. The number of carbonyl (C=O) groups is 1. The number of carbonyl (C=O) groups excluding carboxylic acids is 1. The SMILES string of the molecule is CNC(=S)NCc1cccc(C(=O)N2CCCCC2)c1. The van der Waals surface area contributed by atoms with Gasteiger partial charge in [0.25, 0.3) is 5.91 Å². The van der Waals surface area contributed by atoms with Crippen molar-refractivity contribution in [2.75, 3.05) is 20.1 Å². The van der Waals surface area contributed by atoms with Crippen molar-refractivity contribution in [3.63, 3.8) is 0 Å². The van der Waals surface area contributed by atoms with E-state index in [9.17, 15) is 4.79 Å². The van der Waals surface area contributed by atoms with Crippen LogP contribution in [0.4, 0.5) is 0 Å². The molecule has 0 unspecified atom stereocenters. The number of benzene rings is 1. The molecule has 0 aliphatic carbocycles. The Labute approximate surface area is 125 Å². The first-order valence-electron chi connectivity index (χ1n) is 7.04. The topological polar surface area (TPSA) is 44.4 Å². The molecule has 1 fully saturated rings. The lowest BCUT2D eigenvalue weighted by Crippen LogP contribution is -2.35. The zero-order valence-electron chi connectivity index (χ0n) is 11.8. The monoisotopic (exact) mass is 291 g/mol. The molecule has 1 aromatic rings. The van der Waals surface area contributed by atoms with Crippen LogP contribution < -0.4 is 10.6 Å². The highest BCUT2D eigenvalue weighted by molar-refractivity contribution is 7.80. The Bertz CT molecular complexity index is 484. The second-order valence-corrected chi connectivity index (χ2v) is 5.39. The fourth-order valence-electron chi connectivity index (χ4n) is 2.36. The Hall–Kier alpha value is -1.62. The van der Waals surface area contributed by atoms with E-state index in [1.807, 2.05) is 29.2 Å². The summed E-state index contributed by atoms with van der Waals surface area (Å²) in [6, 6.07) is 7.76. The molecule has 0 radical (unpaired) electrons. The number of hydrogen-bond donors (Lipinski definition) is 2. The second-order valence-electron chi connectivity index (χ2n) is 4.99. The quantitative estimate of drug-likeness (QED) is 0.835. The minimum absolute atomic E-state index is 0.141. The Morgan fingerprint density at radius 3 is 2.75 bits per heavy atom. The first-order chi connectivity index (χ1) is 9.70. The van der Waals surface area contributed by atoms with Gasteiger partial charge in [0, 0.05) is 32.2 Å². The van der Waals surface area contributed by atoms with Crippen LogP contribution in [-0.2, 0) is 6.54 Å². The largest absolute Gasteiger partial charge is 0.366 e. The molecule has 0 saturated carbocycles. The summed E-state index contributed by atoms with van der Waals surface area (Å²) in [5.74, 6) is 0.141. The lowest BCUT2D eigenvalue weighted by atomic mass is 10.1. The molecule has 5 heteroatoms. The number of thiocarbonyl (C=S) groups is 1. The van der Waals surface area contributed by atoms with Crippen molar-refractivity contribution in [1.29, 1.82) is 0 Å². The van der Waals surface area contributed by atoms with Crippen molar-refractivity contribution >= 4 is 23.2 Å². The molecule has 4 nitrogen and oxygen atoms in total. The summed E-state index contributed by atoms with van der Waals surface area (Å²) in [7, 11) is 1.78. The summed E-state index contributed by atoms with van der Waals surface area (Å²) in [6.45, 7) is 2.39. The van der Waals surface area contributed by atoms with Crippen molar-refractivity contribution in [2.45, 2.75) is 25.8 Å². The number of nitrogens with one attached hydrogen (secondary N) is 2. The summed E-state index contributed by atoms with van der Waals surface area (Å²) in [4.78, 5) is 14.4. The zero-order valence-corrected chi connectivity index (χ0v) is 12.6. The fraction of sp³-hybridized carbons (Fsp3) is 0.467. The van der Waals surface area contributed by atoms with E-state index < -0.39 is 0 Å². The van der Waals surface area contributed by atoms with E-state index in [0.717, 1.165) is 37.1 Å². The van der Waals surface area contributed by atoms with Crippen LogP contribution in [0.1, 0.15) is 35.2 Å². The van der Waals surface area contributed by atoms with E-state index >= 15 is 0 Å². The summed E-state index contributed by atoms with van der Waals surface area (Å²) >= 11 is 5.04. The van der Waals surface area contributed by atoms with Crippen LogP contribution >= 0.6 is 12.2 Å². The van der Waals surface area contributed by atoms with Crippen molar-refractivity contribution in [2.24, 2.45) is 0 Å². The highest BCUT2D eigenvalue weighted by Gasteiger charge is 2.18. The second kappa shape index (κ2) is 7.24. The zero-order chi connectivity index (χ0) is 14.4. The third-order valence-corrected chi connectivity index (χ3v) is 3.85. The number of amides is 1. The average molecular weight is 291 g/mol. The number of hydrogen-bond acceptors (Lipinski definition) is 2. The molecular formula is C15H21N3OS. The van der Waals surface area contributed by atoms with E-state index in [2.05, 4.69) is 10.6 Å².